The molecule has 0 spiro atoms. The largest absolute Gasteiger partial charge is 0.785 e. The molecule has 1 aliphatic heterocycles. The van der Waals surface area contributed by atoms with Crippen molar-refractivity contribution in [1.82, 2.24) is 9.96 Å². The molecule has 0 bridgehead atoms. The Balaban J connectivity index is 2.63. The fourth-order valence-corrected chi connectivity index (χ4v) is 1.75. The van der Waals surface area contributed by atoms with Gasteiger partial charge in [0.05, 0.1) is 6.10 Å². The van der Waals surface area contributed by atoms with E-state index >= 15 is 0 Å². The average Bonchev–Trinajstić information content (AvgIpc) is 2.40. The van der Waals surface area contributed by atoms with Crippen LogP contribution < -0.4 is 0 Å². The molecule has 3 atom stereocenters. The Kier molecular flexibility index (Phi) is 3.90. The molecule has 1 rings (SSSR count). The summed E-state index contributed by atoms with van der Waals surface area (Å²) in [6, 6.07) is -0.439. The maximum Gasteiger partial charge on any atom is 0.0862 e. The molecule has 0 aromatic carbocycles. The van der Waals surface area contributed by atoms with Gasteiger partial charge in [-0.15, -0.1) is 11.8 Å². The van der Waals surface area contributed by atoms with E-state index in [1.165, 1.54) is 0 Å². The first-order valence-corrected chi connectivity index (χ1v) is 4.75. The number of hydrogen-bond acceptors (Lipinski definition) is 4. The third-order valence-electron chi connectivity index (χ3n) is 2.68. The third-order valence-corrected chi connectivity index (χ3v) is 2.68. The highest BCUT2D eigenvalue weighted by molar-refractivity contribution is 5.06. The van der Waals surface area contributed by atoms with Crippen molar-refractivity contribution in [2.75, 3.05) is 20.6 Å². The van der Waals surface area contributed by atoms with Gasteiger partial charge < -0.3 is 20.3 Å². The van der Waals surface area contributed by atoms with Crippen LogP contribution in [-0.4, -0.2) is 53.9 Å². The van der Waals surface area contributed by atoms with Crippen molar-refractivity contribution < 1.29 is 5.11 Å². The van der Waals surface area contributed by atoms with E-state index < -0.39 is 6.10 Å². The molecule has 0 aromatic rings. The van der Waals surface area contributed by atoms with Gasteiger partial charge in [0, 0.05) is 25.0 Å². The second-order valence-electron chi connectivity index (χ2n) is 3.82. The van der Waals surface area contributed by atoms with E-state index in [0.29, 0.717) is 13.0 Å². The Hall–Kier alpha value is -0.600. The maximum absolute atomic E-state index is 11.5. The summed E-state index contributed by atoms with van der Waals surface area (Å²) in [5, 5.41) is 22.3. The van der Waals surface area contributed by atoms with Gasteiger partial charge in [-0.1, -0.05) is 0 Å². The van der Waals surface area contributed by atoms with E-state index in [0.717, 1.165) is 5.06 Å². The summed E-state index contributed by atoms with van der Waals surface area (Å²) in [5.41, 5.74) is 0. The molecular formula is C10H17N2O2-. The fraction of sp³-hybridized carbons (Fsp3) is 0.800. The predicted molar refractivity (Wildman–Crippen MR) is 55.4 cm³/mol. The summed E-state index contributed by atoms with van der Waals surface area (Å²) in [6.45, 7) is 2.10. The molecule has 1 aliphatic rings. The van der Waals surface area contributed by atoms with Crippen LogP contribution in [0.4, 0.5) is 0 Å². The van der Waals surface area contributed by atoms with Gasteiger partial charge in [0.1, 0.15) is 0 Å². The van der Waals surface area contributed by atoms with Gasteiger partial charge in [-0.3, -0.25) is 0 Å². The smallest absolute Gasteiger partial charge is 0.0862 e. The molecule has 0 radical (unpaired) electrons. The van der Waals surface area contributed by atoms with Crippen LogP contribution in [0.1, 0.15) is 13.3 Å². The minimum Gasteiger partial charge on any atom is -0.785 e. The van der Waals surface area contributed by atoms with Crippen molar-refractivity contribution in [2.24, 2.45) is 0 Å². The Morgan fingerprint density at radius 1 is 1.57 bits per heavy atom. The lowest BCUT2D eigenvalue weighted by atomic mass is 10.1. The first-order valence-electron chi connectivity index (χ1n) is 4.75. The highest BCUT2D eigenvalue weighted by atomic mass is 16.5. The monoisotopic (exact) mass is 197 g/mol. The highest BCUT2D eigenvalue weighted by Crippen LogP contribution is 2.22. The van der Waals surface area contributed by atoms with Crippen LogP contribution in [0.25, 0.3) is 0 Å². The zero-order valence-corrected chi connectivity index (χ0v) is 8.90. The molecule has 0 amide bonds. The maximum atomic E-state index is 11.5. The van der Waals surface area contributed by atoms with Crippen LogP contribution in [-0.2, 0) is 0 Å². The second kappa shape index (κ2) is 4.76. The van der Waals surface area contributed by atoms with E-state index in [1.807, 2.05) is 19.0 Å². The molecule has 3 unspecified atom stereocenters. The van der Waals surface area contributed by atoms with Crippen LogP contribution in [0, 0.1) is 17.0 Å². The van der Waals surface area contributed by atoms with E-state index in [4.69, 9.17) is 0 Å². The van der Waals surface area contributed by atoms with Crippen molar-refractivity contribution >= 4 is 0 Å². The fourth-order valence-electron chi connectivity index (χ4n) is 1.75. The molecule has 1 saturated heterocycles. The standard InChI is InChI=1S/C10H17N2O2/c1-4-5-6-8-10(13)9(11(2)3)7-12(8)14/h8-10,13H,6-7H2,1-3H3/q-1. The second-order valence-corrected chi connectivity index (χ2v) is 3.82. The van der Waals surface area contributed by atoms with Crippen molar-refractivity contribution in [3.63, 3.8) is 0 Å². The van der Waals surface area contributed by atoms with Gasteiger partial charge in [-0.2, -0.15) is 0 Å². The van der Waals surface area contributed by atoms with Crippen LogP contribution in [0.2, 0.25) is 0 Å². The van der Waals surface area contributed by atoms with Gasteiger partial charge in [-0.25, -0.2) is 0 Å². The lowest BCUT2D eigenvalue weighted by Crippen LogP contribution is -2.40. The summed E-state index contributed by atoms with van der Waals surface area (Å²) < 4.78 is 0. The number of rotatable bonds is 2. The molecule has 4 heteroatoms. The van der Waals surface area contributed by atoms with Crippen LogP contribution >= 0.6 is 0 Å². The Morgan fingerprint density at radius 3 is 2.64 bits per heavy atom. The summed E-state index contributed by atoms with van der Waals surface area (Å²) in [7, 11) is 3.74. The molecule has 0 aliphatic carbocycles. The molecule has 14 heavy (non-hydrogen) atoms. The lowest BCUT2D eigenvalue weighted by molar-refractivity contribution is 0.0851. The summed E-state index contributed by atoms with van der Waals surface area (Å²) in [4.78, 5) is 1.88. The highest BCUT2D eigenvalue weighted by Gasteiger charge is 2.36. The quantitative estimate of drug-likeness (QED) is 0.627. The van der Waals surface area contributed by atoms with E-state index in [2.05, 4.69) is 11.8 Å². The topological polar surface area (TPSA) is 49.8 Å². The van der Waals surface area contributed by atoms with E-state index in [-0.39, 0.29) is 12.1 Å². The zero-order valence-electron chi connectivity index (χ0n) is 8.90. The number of aliphatic hydroxyl groups excluding tert-OH is 1. The summed E-state index contributed by atoms with van der Waals surface area (Å²) >= 11 is 0. The van der Waals surface area contributed by atoms with Crippen LogP contribution in [0.15, 0.2) is 0 Å². The first-order chi connectivity index (χ1) is 6.57. The number of aliphatic hydroxyl groups is 1. The van der Waals surface area contributed by atoms with Gasteiger partial charge in [0.15, 0.2) is 0 Å². The summed E-state index contributed by atoms with van der Waals surface area (Å²) in [5.74, 6) is 5.58. The number of hydrogen-bond donors (Lipinski definition) is 1. The molecule has 1 fully saturated rings. The molecule has 4 nitrogen and oxygen atoms in total. The number of hydroxylamine groups is 2. The first kappa shape index (κ1) is 11.5. The molecule has 1 N–H and O–H groups in total. The van der Waals surface area contributed by atoms with E-state index in [9.17, 15) is 10.3 Å². The molecular weight excluding hydrogens is 180 g/mol. The third kappa shape index (κ3) is 2.25. The van der Waals surface area contributed by atoms with E-state index in [1.54, 1.807) is 6.92 Å². The molecule has 0 aromatic heterocycles. The Bertz CT molecular complexity index is 244. The van der Waals surface area contributed by atoms with Crippen molar-refractivity contribution in [2.45, 2.75) is 31.5 Å². The number of likely N-dealkylation sites (N-methyl/N-ethyl adjacent to an activating group) is 1. The van der Waals surface area contributed by atoms with Crippen molar-refractivity contribution in [3.05, 3.63) is 5.21 Å². The lowest BCUT2D eigenvalue weighted by Gasteiger charge is -2.29. The minimum absolute atomic E-state index is 0.0730. The van der Waals surface area contributed by atoms with Gasteiger partial charge in [0.25, 0.3) is 0 Å². The average molecular weight is 197 g/mol. The minimum atomic E-state index is -0.594. The molecule has 80 valence electrons. The normalized spacial score (nSPS) is 33.1. The van der Waals surface area contributed by atoms with Gasteiger partial charge in [-0.05, 0) is 21.0 Å². The molecule has 0 saturated carbocycles. The van der Waals surface area contributed by atoms with Crippen molar-refractivity contribution in [1.29, 1.82) is 0 Å². The number of nitrogens with zero attached hydrogens (tertiary/aromatic N) is 2. The van der Waals surface area contributed by atoms with Gasteiger partial charge >= 0.3 is 0 Å². The van der Waals surface area contributed by atoms with Crippen LogP contribution in [0.5, 0.6) is 0 Å². The van der Waals surface area contributed by atoms with Crippen molar-refractivity contribution in [3.8, 4) is 11.8 Å². The Morgan fingerprint density at radius 2 is 2.21 bits per heavy atom. The summed E-state index contributed by atoms with van der Waals surface area (Å²) in [6.07, 6.45) is -0.144. The zero-order chi connectivity index (χ0) is 10.7. The Labute approximate surface area is 85.1 Å². The SMILES string of the molecule is CC#CCC1C(O)C(N(C)C)CN1[O-]. The van der Waals surface area contributed by atoms with Gasteiger partial charge in [0.2, 0.25) is 0 Å². The van der Waals surface area contributed by atoms with Crippen LogP contribution in [0.3, 0.4) is 0 Å². The predicted octanol–water partition coefficient (Wildman–Crippen LogP) is -0.127. The molecule has 1 heterocycles.